The maximum absolute atomic E-state index is 13.3. The minimum Gasteiger partial charge on any atom is -0.371 e. The van der Waals surface area contributed by atoms with Crippen LogP contribution in [-0.2, 0) is 9.59 Å². The number of carbonyl (C=O) groups is 6. The van der Waals surface area contributed by atoms with E-state index in [9.17, 15) is 28.8 Å². The van der Waals surface area contributed by atoms with Crippen molar-refractivity contribution >= 4 is 70.0 Å². The van der Waals surface area contributed by atoms with Gasteiger partial charge >= 0.3 is 0 Å². The molecule has 6 heterocycles. The van der Waals surface area contributed by atoms with Crippen molar-refractivity contribution in [1.29, 1.82) is 0 Å². The number of benzene rings is 2. The smallest absolute Gasteiger partial charge is 0.271 e. The van der Waals surface area contributed by atoms with E-state index in [-0.39, 0.29) is 57.7 Å². The summed E-state index contributed by atoms with van der Waals surface area (Å²) in [5.41, 5.74) is 2.09. The zero-order valence-electron chi connectivity index (χ0n) is 32.1. The van der Waals surface area contributed by atoms with E-state index >= 15 is 0 Å². The molecule has 306 valence electrons. The van der Waals surface area contributed by atoms with Crippen molar-refractivity contribution in [1.82, 2.24) is 35.5 Å². The normalized spacial score (nSPS) is 21.7. The lowest BCUT2D eigenvalue weighted by Crippen LogP contribution is -2.54. The highest BCUT2D eigenvalue weighted by Crippen LogP contribution is 2.33. The summed E-state index contributed by atoms with van der Waals surface area (Å²) in [4.78, 5) is 85.0. The number of anilines is 2. The number of halogens is 2. The van der Waals surface area contributed by atoms with E-state index in [1.165, 1.54) is 19.0 Å². The molecule has 5 aliphatic heterocycles. The lowest BCUT2D eigenvalue weighted by molar-refractivity contribution is -0.136. The summed E-state index contributed by atoms with van der Waals surface area (Å²) in [6.45, 7) is 7.89. The first-order valence-electron chi connectivity index (χ1n) is 20.2. The topological polar surface area (TPSA) is 180 Å². The number of aromatic amines is 1. The van der Waals surface area contributed by atoms with Gasteiger partial charge in [0, 0.05) is 57.4 Å². The molecule has 8 rings (SSSR count). The molecule has 0 saturated carbocycles. The van der Waals surface area contributed by atoms with E-state index in [0.717, 1.165) is 88.6 Å². The van der Waals surface area contributed by atoms with E-state index < -0.39 is 29.7 Å². The second-order valence-electron chi connectivity index (χ2n) is 16.1. The zero-order valence-corrected chi connectivity index (χ0v) is 33.6. The number of hydrogen-bond donors (Lipinski definition) is 4. The Morgan fingerprint density at radius 3 is 2.03 bits per heavy atom. The number of nitrogens with one attached hydrogen (secondary N) is 4. The molecule has 6 amide bonds. The molecule has 5 aliphatic rings. The zero-order chi connectivity index (χ0) is 40.5. The van der Waals surface area contributed by atoms with Crippen LogP contribution >= 0.6 is 23.2 Å². The van der Waals surface area contributed by atoms with Gasteiger partial charge in [-0.05, 0) is 100 Å². The SMILES string of the molecule is O=C1CCC(N2C(=O)c3ccc(N4CCC(CN5CCC(CN6CCC(NC(=O)c7[nH]ncc7NC(=O)c7c(Cl)cccc7Cl)CC6)CC5)CC4)cc3C2=O)C(=O)N1. The van der Waals surface area contributed by atoms with Gasteiger partial charge < -0.3 is 25.3 Å². The Labute approximate surface area is 346 Å². The van der Waals surface area contributed by atoms with Gasteiger partial charge in [-0.15, -0.1) is 0 Å². The Balaban J connectivity index is 0.737. The number of imide groups is 2. The summed E-state index contributed by atoms with van der Waals surface area (Å²) in [7, 11) is 0. The maximum atomic E-state index is 13.3. The van der Waals surface area contributed by atoms with Gasteiger partial charge in [0.15, 0.2) is 0 Å². The quantitative estimate of drug-likeness (QED) is 0.217. The third-order valence-electron chi connectivity index (χ3n) is 12.4. The van der Waals surface area contributed by atoms with E-state index in [2.05, 4.69) is 40.8 Å². The molecule has 15 nitrogen and oxygen atoms in total. The molecule has 4 N–H and O–H groups in total. The van der Waals surface area contributed by atoms with Crippen molar-refractivity contribution in [3.05, 3.63) is 75.0 Å². The fourth-order valence-corrected chi connectivity index (χ4v) is 9.65. The molecular weight excluding hydrogens is 785 g/mol. The van der Waals surface area contributed by atoms with Crippen molar-refractivity contribution in [2.75, 3.05) is 62.6 Å². The number of carbonyl (C=O) groups excluding carboxylic acids is 6. The Kier molecular flexibility index (Phi) is 11.8. The minimum absolute atomic E-state index is 0.0200. The lowest BCUT2D eigenvalue weighted by Gasteiger charge is -2.40. The molecule has 0 bridgehead atoms. The number of likely N-dealkylation sites (tertiary alicyclic amines) is 2. The third kappa shape index (κ3) is 8.49. The number of rotatable bonds is 10. The summed E-state index contributed by atoms with van der Waals surface area (Å²) in [5, 5.41) is 15.2. The first kappa shape index (κ1) is 40.0. The van der Waals surface area contributed by atoms with Crippen molar-refractivity contribution in [2.24, 2.45) is 11.8 Å². The molecule has 4 fully saturated rings. The summed E-state index contributed by atoms with van der Waals surface area (Å²) < 4.78 is 0. The molecule has 17 heteroatoms. The van der Waals surface area contributed by atoms with E-state index in [0.29, 0.717) is 23.0 Å². The first-order valence-corrected chi connectivity index (χ1v) is 20.9. The molecule has 3 aromatic rings. The van der Waals surface area contributed by atoms with Gasteiger partial charge in [0.2, 0.25) is 11.8 Å². The number of hydrogen-bond acceptors (Lipinski definition) is 10. The molecule has 0 aliphatic carbocycles. The number of piperidine rings is 4. The van der Waals surface area contributed by atoms with E-state index in [4.69, 9.17) is 23.2 Å². The standard InChI is InChI=1S/C41H47Cl2N9O6/c42-30-2-1-3-31(43)35(30)38(55)46-32-21-44-48-36(32)39(56)45-26-12-16-50(17-13-26)22-24-8-14-49(15-9-24)23-25-10-18-51(19-11-25)27-4-5-28-29(20-27)41(58)52(40(28)57)33-6-7-34(53)47-37(33)54/h1-5,20-21,24-26,33H,6-19,22-23H2,(H,44,48)(H,45,56)(H,46,55)(H,47,53,54). The highest BCUT2D eigenvalue weighted by Gasteiger charge is 2.45. The molecular formula is C41H47Cl2N9O6. The molecule has 0 radical (unpaired) electrons. The molecule has 1 aromatic heterocycles. The number of fused-ring (bicyclic) bond motifs is 1. The fourth-order valence-electron chi connectivity index (χ4n) is 9.08. The Hall–Kier alpha value is -4.83. The Morgan fingerprint density at radius 1 is 0.759 bits per heavy atom. The lowest BCUT2D eigenvalue weighted by atomic mass is 9.91. The van der Waals surface area contributed by atoms with Gasteiger partial charge in [-0.2, -0.15) is 5.10 Å². The van der Waals surface area contributed by atoms with Gasteiger partial charge in [0.05, 0.1) is 38.6 Å². The number of amides is 6. The van der Waals surface area contributed by atoms with Crippen molar-refractivity contribution in [3.63, 3.8) is 0 Å². The van der Waals surface area contributed by atoms with Gasteiger partial charge in [0.25, 0.3) is 23.6 Å². The first-order chi connectivity index (χ1) is 28.0. The average Bonchev–Trinajstić information content (AvgIpc) is 3.77. The number of aromatic nitrogens is 2. The second-order valence-corrected chi connectivity index (χ2v) is 16.9. The molecule has 1 atom stereocenters. The van der Waals surface area contributed by atoms with Crippen LogP contribution in [0.2, 0.25) is 10.0 Å². The summed E-state index contributed by atoms with van der Waals surface area (Å²) in [6, 6.07) is 9.23. The van der Waals surface area contributed by atoms with E-state index in [1.807, 2.05) is 6.07 Å². The van der Waals surface area contributed by atoms with Crippen LogP contribution in [0.25, 0.3) is 0 Å². The van der Waals surface area contributed by atoms with Crippen LogP contribution in [0.15, 0.2) is 42.6 Å². The summed E-state index contributed by atoms with van der Waals surface area (Å²) in [5.74, 6) is -1.56. The van der Waals surface area contributed by atoms with Crippen LogP contribution in [0, 0.1) is 11.8 Å². The average molecular weight is 833 g/mol. The number of H-pyrrole nitrogens is 1. The molecule has 58 heavy (non-hydrogen) atoms. The van der Waals surface area contributed by atoms with Gasteiger partial charge in [-0.25, -0.2) is 0 Å². The molecule has 2 aromatic carbocycles. The highest BCUT2D eigenvalue weighted by molar-refractivity contribution is 6.40. The van der Waals surface area contributed by atoms with E-state index in [1.54, 1.807) is 30.3 Å². The molecule has 0 spiro atoms. The predicted octanol–water partition coefficient (Wildman–Crippen LogP) is 4.19. The van der Waals surface area contributed by atoms with Crippen LogP contribution < -0.4 is 20.9 Å². The Morgan fingerprint density at radius 2 is 1.38 bits per heavy atom. The van der Waals surface area contributed by atoms with Gasteiger partial charge in [0.1, 0.15) is 11.7 Å². The van der Waals surface area contributed by atoms with Crippen molar-refractivity contribution in [3.8, 4) is 0 Å². The summed E-state index contributed by atoms with van der Waals surface area (Å²) in [6.07, 6.45) is 7.74. The van der Waals surface area contributed by atoms with Gasteiger partial charge in [-0.1, -0.05) is 29.3 Å². The monoisotopic (exact) mass is 831 g/mol. The maximum Gasteiger partial charge on any atom is 0.271 e. The van der Waals surface area contributed by atoms with Gasteiger partial charge in [-0.3, -0.25) is 44.1 Å². The van der Waals surface area contributed by atoms with Crippen LogP contribution in [0.4, 0.5) is 11.4 Å². The van der Waals surface area contributed by atoms with Crippen LogP contribution in [0.3, 0.4) is 0 Å². The second kappa shape index (κ2) is 17.2. The predicted molar refractivity (Wildman–Crippen MR) is 217 cm³/mol. The van der Waals surface area contributed by atoms with Crippen LogP contribution in [0.1, 0.15) is 92.9 Å². The minimum atomic E-state index is -0.968. The highest BCUT2D eigenvalue weighted by atomic mass is 35.5. The number of nitrogens with zero attached hydrogens (tertiary/aromatic N) is 5. The van der Waals surface area contributed by atoms with Crippen LogP contribution in [-0.4, -0.2) is 125 Å². The van der Waals surface area contributed by atoms with Crippen LogP contribution in [0.5, 0.6) is 0 Å². The van der Waals surface area contributed by atoms with Crippen molar-refractivity contribution in [2.45, 2.75) is 63.5 Å². The van der Waals surface area contributed by atoms with Crippen molar-refractivity contribution < 1.29 is 28.8 Å². The molecule has 4 saturated heterocycles. The largest absolute Gasteiger partial charge is 0.371 e. The summed E-state index contributed by atoms with van der Waals surface area (Å²) >= 11 is 12.4. The Bertz CT molecular complexity index is 2080. The third-order valence-corrected chi connectivity index (χ3v) is 13.0. The molecule has 1 unspecified atom stereocenters. The fraction of sp³-hybridized carbons (Fsp3) is 0.488.